The first-order chi connectivity index (χ1) is 11.1. The van der Waals surface area contributed by atoms with E-state index in [0.29, 0.717) is 10.6 Å². The summed E-state index contributed by atoms with van der Waals surface area (Å²) in [7, 11) is 0. The average molecular weight is 330 g/mol. The van der Waals surface area contributed by atoms with Crippen molar-refractivity contribution >= 4 is 23.5 Å². The van der Waals surface area contributed by atoms with Crippen molar-refractivity contribution in [2.75, 3.05) is 0 Å². The van der Waals surface area contributed by atoms with Gasteiger partial charge >= 0.3 is 5.97 Å². The first-order valence-corrected chi connectivity index (χ1v) is 7.84. The standard InChI is InChI=1S/C18H16ClNO3/c19-15-9-5-4-8-14(15)18(22)23-16(12-6-2-1-3-7-12)17(21)20-13-10-11-13/h1-9,13,16H,10-11H2,(H,20,21)/t16-/m1/s1. The minimum absolute atomic E-state index is 0.188. The highest BCUT2D eigenvalue weighted by Gasteiger charge is 2.31. The highest BCUT2D eigenvalue weighted by Crippen LogP contribution is 2.25. The first-order valence-electron chi connectivity index (χ1n) is 7.46. The lowest BCUT2D eigenvalue weighted by molar-refractivity contribution is -0.130. The van der Waals surface area contributed by atoms with Gasteiger partial charge in [0.1, 0.15) is 0 Å². The van der Waals surface area contributed by atoms with Crippen molar-refractivity contribution in [2.24, 2.45) is 0 Å². The second-order valence-corrected chi connectivity index (χ2v) is 5.87. The molecule has 1 aliphatic rings. The number of halogens is 1. The lowest BCUT2D eigenvalue weighted by atomic mass is 10.1. The van der Waals surface area contributed by atoms with Crippen molar-refractivity contribution in [1.29, 1.82) is 0 Å². The van der Waals surface area contributed by atoms with E-state index in [4.69, 9.17) is 16.3 Å². The van der Waals surface area contributed by atoms with Gasteiger partial charge in [0.15, 0.2) is 0 Å². The van der Waals surface area contributed by atoms with Gasteiger partial charge < -0.3 is 10.1 Å². The quantitative estimate of drug-likeness (QED) is 0.854. The number of ether oxygens (including phenoxy) is 1. The molecule has 1 aliphatic carbocycles. The van der Waals surface area contributed by atoms with E-state index in [1.54, 1.807) is 48.5 Å². The number of hydrogen-bond donors (Lipinski definition) is 1. The summed E-state index contributed by atoms with van der Waals surface area (Å²) in [6.45, 7) is 0. The van der Waals surface area contributed by atoms with Crippen molar-refractivity contribution in [1.82, 2.24) is 5.32 Å². The second kappa shape index (κ2) is 6.84. The third-order valence-corrected chi connectivity index (χ3v) is 3.91. The molecule has 0 aromatic heterocycles. The maximum atomic E-state index is 12.4. The van der Waals surface area contributed by atoms with Crippen LogP contribution in [0.3, 0.4) is 0 Å². The van der Waals surface area contributed by atoms with E-state index in [-0.39, 0.29) is 17.5 Å². The fraction of sp³-hybridized carbons (Fsp3) is 0.222. The third-order valence-electron chi connectivity index (χ3n) is 3.58. The lowest BCUT2D eigenvalue weighted by Crippen LogP contribution is -2.33. The molecule has 0 spiro atoms. The van der Waals surface area contributed by atoms with Crippen LogP contribution < -0.4 is 5.32 Å². The summed E-state index contributed by atoms with van der Waals surface area (Å²) < 4.78 is 5.46. The van der Waals surface area contributed by atoms with Crippen LogP contribution in [0.1, 0.15) is 34.9 Å². The molecule has 0 aliphatic heterocycles. The molecular formula is C18H16ClNO3. The van der Waals surface area contributed by atoms with Crippen LogP contribution in [0.25, 0.3) is 0 Å². The zero-order valence-corrected chi connectivity index (χ0v) is 13.1. The molecule has 0 bridgehead atoms. The van der Waals surface area contributed by atoms with Crippen LogP contribution in [-0.2, 0) is 9.53 Å². The van der Waals surface area contributed by atoms with Crippen molar-refractivity contribution in [3.8, 4) is 0 Å². The predicted molar refractivity (Wildman–Crippen MR) is 87.2 cm³/mol. The topological polar surface area (TPSA) is 55.4 Å². The molecule has 1 amide bonds. The predicted octanol–water partition coefficient (Wildman–Crippen LogP) is 3.52. The molecule has 2 aromatic rings. The number of carbonyl (C=O) groups excluding carboxylic acids is 2. The van der Waals surface area contributed by atoms with Crippen LogP contribution in [0.5, 0.6) is 0 Å². The second-order valence-electron chi connectivity index (χ2n) is 5.46. The van der Waals surface area contributed by atoms with E-state index in [9.17, 15) is 9.59 Å². The van der Waals surface area contributed by atoms with Gasteiger partial charge in [0.25, 0.3) is 5.91 Å². The van der Waals surface area contributed by atoms with Gasteiger partial charge in [0.05, 0.1) is 10.6 Å². The Kier molecular flexibility index (Phi) is 4.63. The summed E-state index contributed by atoms with van der Waals surface area (Å²) in [4.78, 5) is 24.8. The van der Waals surface area contributed by atoms with E-state index in [1.165, 1.54) is 0 Å². The van der Waals surface area contributed by atoms with Gasteiger partial charge in [-0.05, 0) is 25.0 Å². The molecular weight excluding hydrogens is 314 g/mol. The largest absolute Gasteiger partial charge is 0.444 e. The fourth-order valence-electron chi connectivity index (χ4n) is 2.20. The average Bonchev–Trinajstić information content (AvgIpc) is 3.37. The van der Waals surface area contributed by atoms with Crippen molar-refractivity contribution in [2.45, 2.75) is 25.0 Å². The lowest BCUT2D eigenvalue weighted by Gasteiger charge is -2.18. The van der Waals surface area contributed by atoms with E-state index in [2.05, 4.69) is 5.32 Å². The number of carbonyl (C=O) groups is 2. The molecule has 1 saturated carbocycles. The van der Waals surface area contributed by atoms with Crippen molar-refractivity contribution in [3.63, 3.8) is 0 Å². The number of hydrogen-bond acceptors (Lipinski definition) is 3. The SMILES string of the molecule is O=C(O[C@@H](C(=O)NC1CC1)c1ccccc1)c1ccccc1Cl. The van der Waals surface area contributed by atoms with Gasteiger partial charge in [-0.3, -0.25) is 4.79 Å². The van der Waals surface area contributed by atoms with Crippen LogP contribution >= 0.6 is 11.6 Å². The Bertz CT molecular complexity index is 713. The summed E-state index contributed by atoms with van der Waals surface area (Å²) in [6.07, 6.45) is 0.942. The maximum absolute atomic E-state index is 12.4. The molecule has 1 N–H and O–H groups in total. The van der Waals surface area contributed by atoms with E-state index >= 15 is 0 Å². The summed E-state index contributed by atoms with van der Waals surface area (Å²) >= 11 is 6.02. The number of nitrogens with one attached hydrogen (secondary N) is 1. The number of esters is 1. The highest BCUT2D eigenvalue weighted by molar-refractivity contribution is 6.33. The molecule has 3 rings (SSSR count). The number of amides is 1. The van der Waals surface area contributed by atoms with E-state index < -0.39 is 12.1 Å². The Morgan fingerprint density at radius 3 is 2.35 bits per heavy atom. The van der Waals surface area contributed by atoms with Crippen molar-refractivity contribution < 1.29 is 14.3 Å². The normalized spacial score (nSPS) is 14.8. The number of rotatable bonds is 5. The van der Waals surface area contributed by atoms with Crippen LogP contribution in [-0.4, -0.2) is 17.9 Å². The zero-order chi connectivity index (χ0) is 16.2. The molecule has 0 unspecified atom stereocenters. The van der Waals surface area contributed by atoms with Gasteiger partial charge in [0, 0.05) is 11.6 Å². The Balaban J connectivity index is 1.82. The summed E-state index contributed by atoms with van der Waals surface area (Å²) in [6, 6.07) is 15.8. The zero-order valence-electron chi connectivity index (χ0n) is 12.4. The fourth-order valence-corrected chi connectivity index (χ4v) is 2.42. The molecule has 1 fully saturated rings. The molecule has 118 valence electrons. The smallest absolute Gasteiger partial charge is 0.340 e. The monoisotopic (exact) mass is 329 g/mol. The first kappa shape index (κ1) is 15.6. The molecule has 23 heavy (non-hydrogen) atoms. The Morgan fingerprint density at radius 2 is 1.70 bits per heavy atom. The molecule has 5 heteroatoms. The Hall–Kier alpha value is -2.33. The maximum Gasteiger partial charge on any atom is 0.340 e. The molecule has 1 atom stereocenters. The Labute approximate surface area is 139 Å². The van der Waals surface area contributed by atoms with Gasteiger partial charge in [-0.15, -0.1) is 0 Å². The molecule has 0 radical (unpaired) electrons. The van der Waals surface area contributed by atoms with Crippen LogP contribution in [0.15, 0.2) is 54.6 Å². The van der Waals surface area contributed by atoms with Crippen molar-refractivity contribution in [3.05, 3.63) is 70.7 Å². The Morgan fingerprint density at radius 1 is 1.04 bits per heavy atom. The summed E-state index contributed by atoms with van der Waals surface area (Å²) in [5.74, 6) is -0.922. The summed E-state index contributed by atoms with van der Waals surface area (Å²) in [5, 5.41) is 3.17. The van der Waals surface area contributed by atoms with Crippen LogP contribution in [0.4, 0.5) is 0 Å². The van der Waals surface area contributed by atoms with Crippen LogP contribution in [0, 0.1) is 0 Å². The molecule has 0 saturated heterocycles. The van der Waals surface area contributed by atoms with E-state index in [0.717, 1.165) is 12.8 Å². The molecule has 2 aromatic carbocycles. The third kappa shape index (κ3) is 3.90. The van der Waals surface area contributed by atoms with Gasteiger partial charge in [0.2, 0.25) is 6.10 Å². The highest BCUT2D eigenvalue weighted by atomic mass is 35.5. The van der Waals surface area contributed by atoms with Gasteiger partial charge in [-0.25, -0.2) is 4.79 Å². The summed E-state index contributed by atoms with van der Waals surface area (Å²) in [5.41, 5.74) is 0.875. The van der Waals surface area contributed by atoms with Gasteiger partial charge in [-0.1, -0.05) is 54.1 Å². The minimum atomic E-state index is -0.986. The van der Waals surface area contributed by atoms with Crippen LogP contribution in [0.2, 0.25) is 5.02 Å². The minimum Gasteiger partial charge on any atom is -0.444 e. The molecule has 4 nitrogen and oxygen atoms in total. The molecule has 0 heterocycles. The number of benzene rings is 2. The van der Waals surface area contributed by atoms with E-state index in [1.807, 2.05) is 6.07 Å². The van der Waals surface area contributed by atoms with Gasteiger partial charge in [-0.2, -0.15) is 0 Å².